The van der Waals surface area contributed by atoms with Gasteiger partial charge in [0.2, 0.25) is 5.78 Å². The number of carbonyl (C=O) groups excluding carboxylic acids is 1. The zero-order chi connectivity index (χ0) is 13.6. The molecule has 0 aliphatic heterocycles. The molecule has 0 fully saturated rings. The number of aromatic amines is 1. The van der Waals surface area contributed by atoms with Gasteiger partial charge < -0.3 is 9.88 Å². The van der Waals surface area contributed by atoms with E-state index in [0.29, 0.717) is 0 Å². The zero-order valence-electron chi connectivity index (χ0n) is 11.6. The van der Waals surface area contributed by atoms with E-state index in [4.69, 9.17) is 0 Å². The van der Waals surface area contributed by atoms with Crippen molar-refractivity contribution in [1.82, 2.24) is 9.88 Å². The van der Waals surface area contributed by atoms with Gasteiger partial charge in [-0.3, -0.25) is 4.79 Å². The van der Waals surface area contributed by atoms with E-state index in [0.717, 1.165) is 29.6 Å². The van der Waals surface area contributed by atoms with Crippen molar-refractivity contribution in [2.45, 2.75) is 19.8 Å². The average molecular weight is 254 g/mol. The fraction of sp³-hybridized carbons (Fsp3) is 0.312. The van der Waals surface area contributed by atoms with Gasteiger partial charge in [-0.05, 0) is 37.5 Å². The number of nitrogens with zero attached hydrogens (tertiary/aromatic N) is 1. The predicted octanol–water partition coefficient (Wildman–Crippen LogP) is 3.05. The Morgan fingerprint density at radius 1 is 1.26 bits per heavy atom. The van der Waals surface area contributed by atoms with Gasteiger partial charge >= 0.3 is 0 Å². The summed E-state index contributed by atoms with van der Waals surface area (Å²) < 4.78 is 0. The monoisotopic (exact) mass is 254 g/mol. The summed E-state index contributed by atoms with van der Waals surface area (Å²) in [6.07, 6.45) is 3.69. The normalized spacial score (nSPS) is 17.0. The van der Waals surface area contributed by atoms with Crippen LogP contribution in [0.4, 0.5) is 0 Å². The first-order valence-corrected chi connectivity index (χ1v) is 6.59. The standard InChI is InChI=1S/C16H18N2O/c1-10-4-7-14-13(8-10)12-6-5-11(9-18(2)3)16(19)15(12)17-14/h4,7-9,17H,5-6H2,1-3H3/b11-9+. The molecule has 0 unspecified atom stereocenters. The molecular formula is C16H18N2O. The number of rotatable bonds is 1. The maximum absolute atomic E-state index is 12.5. The van der Waals surface area contributed by atoms with Crippen molar-refractivity contribution in [3.63, 3.8) is 0 Å². The van der Waals surface area contributed by atoms with E-state index in [-0.39, 0.29) is 5.78 Å². The summed E-state index contributed by atoms with van der Waals surface area (Å²) in [5.74, 6) is 0.142. The zero-order valence-corrected chi connectivity index (χ0v) is 11.6. The first-order chi connectivity index (χ1) is 9.06. The number of fused-ring (bicyclic) bond motifs is 3. The fourth-order valence-electron chi connectivity index (χ4n) is 2.78. The Bertz CT molecular complexity index is 692. The van der Waals surface area contributed by atoms with Crippen LogP contribution in [0.25, 0.3) is 10.9 Å². The smallest absolute Gasteiger partial charge is 0.206 e. The summed E-state index contributed by atoms with van der Waals surface area (Å²) in [4.78, 5) is 17.7. The lowest BCUT2D eigenvalue weighted by Crippen LogP contribution is -2.16. The molecule has 0 atom stereocenters. The van der Waals surface area contributed by atoms with E-state index < -0.39 is 0 Å². The molecule has 2 aromatic rings. The van der Waals surface area contributed by atoms with Crippen LogP contribution in [-0.4, -0.2) is 29.8 Å². The van der Waals surface area contributed by atoms with Crippen LogP contribution < -0.4 is 0 Å². The first-order valence-electron chi connectivity index (χ1n) is 6.59. The minimum absolute atomic E-state index is 0.142. The number of ketones is 1. The maximum atomic E-state index is 12.5. The molecule has 1 heterocycles. The van der Waals surface area contributed by atoms with Gasteiger partial charge in [-0.15, -0.1) is 0 Å². The van der Waals surface area contributed by atoms with Gasteiger partial charge in [-0.1, -0.05) is 11.6 Å². The number of carbonyl (C=O) groups is 1. The third-order valence-corrected chi connectivity index (χ3v) is 3.64. The molecule has 0 amide bonds. The van der Waals surface area contributed by atoms with Gasteiger partial charge in [0.15, 0.2) is 0 Å². The minimum Gasteiger partial charge on any atom is -0.383 e. The summed E-state index contributed by atoms with van der Waals surface area (Å²) in [6.45, 7) is 2.08. The van der Waals surface area contributed by atoms with Crippen LogP contribution in [0.15, 0.2) is 30.0 Å². The SMILES string of the molecule is Cc1ccc2[nH]c3c(c2c1)CC/C(=C\N(C)C)C3=O. The van der Waals surface area contributed by atoms with Crippen molar-refractivity contribution >= 4 is 16.7 Å². The van der Waals surface area contributed by atoms with Gasteiger partial charge in [-0.25, -0.2) is 0 Å². The van der Waals surface area contributed by atoms with Crippen molar-refractivity contribution in [3.8, 4) is 0 Å². The van der Waals surface area contributed by atoms with Gasteiger partial charge in [0.25, 0.3) is 0 Å². The number of allylic oxidation sites excluding steroid dienone is 1. The molecule has 19 heavy (non-hydrogen) atoms. The van der Waals surface area contributed by atoms with Crippen molar-refractivity contribution in [1.29, 1.82) is 0 Å². The molecule has 3 heteroatoms. The average Bonchev–Trinajstić information content (AvgIpc) is 2.71. The van der Waals surface area contributed by atoms with Crippen LogP contribution >= 0.6 is 0 Å². The second-order valence-electron chi connectivity index (χ2n) is 5.47. The highest BCUT2D eigenvalue weighted by molar-refractivity contribution is 6.12. The highest BCUT2D eigenvalue weighted by atomic mass is 16.1. The Balaban J connectivity index is 2.15. The molecule has 0 saturated carbocycles. The fourth-order valence-corrected chi connectivity index (χ4v) is 2.78. The topological polar surface area (TPSA) is 36.1 Å². The maximum Gasteiger partial charge on any atom is 0.206 e. The van der Waals surface area contributed by atoms with Crippen molar-refractivity contribution in [3.05, 3.63) is 46.8 Å². The number of hydrogen-bond acceptors (Lipinski definition) is 2. The molecule has 1 aliphatic carbocycles. The third kappa shape index (κ3) is 1.95. The van der Waals surface area contributed by atoms with Crippen molar-refractivity contribution < 1.29 is 4.79 Å². The van der Waals surface area contributed by atoms with Crippen LogP contribution in [-0.2, 0) is 6.42 Å². The highest BCUT2D eigenvalue weighted by Gasteiger charge is 2.25. The van der Waals surface area contributed by atoms with Gasteiger partial charge in [0, 0.05) is 36.8 Å². The van der Waals surface area contributed by atoms with Crippen molar-refractivity contribution in [2.75, 3.05) is 14.1 Å². The molecule has 1 N–H and O–H groups in total. The Hall–Kier alpha value is -2.03. The molecule has 0 spiro atoms. The number of Topliss-reactive ketones (excluding diaryl/α,β-unsaturated/α-hetero) is 1. The van der Waals surface area contributed by atoms with Crippen molar-refractivity contribution in [2.24, 2.45) is 0 Å². The minimum atomic E-state index is 0.142. The number of H-pyrrole nitrogens is 1. The number of aryl methyl sites for hydroxylation is 2. The van der Waals surface area contributed by atoms with Gasteiger partial charge in [0.1, 0.15) is 0 Å². The molecule has 0 radical (unpaired) electrons. The molecular weight excluding hydrogens is 236 g/mol. The van der Waals surface area contributed by atoms with Crippen LogP contribution in [0.1, 0.15) is 28.0 Å². The van der Waals surface area contributed by atoms with E-state index >= 15 is 0 Å². The molecule has 98 valence electrons. The van der Waals surface area contributed by atoms with Crippen LogP contribution in [0.3, 0.4) is 0 Å². The van der Waals surface area contributed by atoms with E-state index in [1.807, 2.05) is 25.2 Å². The largest absolute Gasteiger partial charge is 0.383 e. The van der Waals surface area contributed by atoms with Gasteiger partial charge in [-0.2, -0.15) is 0 Å². The molecule has 3 rings (SSSR count). The summed E-state index contributed by atoms with van der Waals surface area (Å²) in [6, 6.07) is 6.30. The molecule has 1 aromatic heterocycles. The van der Waals surface area contributed by atoms with Gasteiger partial charge in [0.05, 0.1) is 5.69 Å². The lowest BCUT2D eigenvalue weighted by molar-refractivity contribution is 0.102. The van der Waals surface area contributed by atoms with E-state index in [2.05, 4.69) is 30.1 Å². The molecule has 1 aromatic carbocycles. The number of hydrogen-bond donors (Lipinski definition) is 1. The van der Waals surface area contributed by atoms with E-state index in [9.17, 15) is 4.79 Å². The summed E-state index contributed by atoms with van der Waals surface area (Å²) >= 11 is 0. The second kappa shape index (κ2) is 4.26. The van der Waals surface area contributed by atoms with E-state index in [1.165, 1.54) is 16.5 Å². The predicted molar refractivity (Wildman–Crippen MR) is 77.5 cm³/mol. The van der Waals surface area contributed by atoms with Crippen LogP contribution in [0.5, 0.6) is 0 Å². The molecule has 1 aliphatic rings. The Morgan fingerprint density at radius 3 is 2.79 bits per heavy atom. The summed E-state index contributed by atoms with van der Waals surface area (Å²) in [5.41, 5.74) is 5.15. The number of nitrogens with one attached hydrogen (secondary N) is 1. The summed E-state index contributed by atoms with van der Waals surface area (Å²) in [5, 5.41) is 1.20. The quantitative estimate of drug-likeness (QED) is 0.794. The Morgan fingerprint density at radius 2 is 2.05 bits per heavy atom. The third-order valence-electron chi connectivity index (χ3n) is 3.64. The Labute approximate surface area is 112 Å². The van der Waals surface area contributed by atoms with Crippen LogP contribution in [0.2, 0.25) is 0 Å². The van der Waals surface area contributed by atoms with E-state index in [1.54, 1.807) is 0 Å². The molecule has 0 saturated heterocycles. The lowest BCUT2D eigenvalue weighted by atomic mass is 9.90. The number of aromatic nitrogens is 1. The Kier molecular flexibility index (Phi) is 2.70. The molecule has 0 bridgehead atoms. The van der Waals surface area contributed by atoms with Crippen LogP contribution in [0, 0.1) is 6.92 Å². The highest BCUT2D eigenvalue weighted by Crippen LogP contribution is 2.31. The summed E-state index contributed by atoms with van der Waals surface area (Å²) in [7, 11) is 3.90. The lowest BCUT2D eigenvalue weighted by Gasteiger charge is -2.16. The first kappa shape index (κ1) is 12.0. The number of benzene rings is 1. The second-order valence-corrected chi connectivity index (χ2v) is 5.47. The molecule has 3 nitrogen and oxygen atoms in total.